The highest BCUT2D eigenvalue weighted by atomic mass is 32.2. The number of hydrogen-bond acceptors (Lipinski definition) is 6. The number of aliphatic hydroxyl groups is 1. The van der Waals surface area contributed by atoms with E-state index in [1.165, 1.54) is 0 Å². The van der Waals surface area contributed by atoms with E-state index in [1.54, 1.807) is 23.5 Å². The minimum atomic E-state index is -0.762. The van der Waals surface area contributed by atoms with Crippen molar-refractivity contribution in [3.8, 4) is 0 Å². The molecule has 0 aliphatic carbocycles. The molecule has 0 saturated carbocycles. The van der Waals surface area contributed by atoms with E-state index in [1.807, 2.05) is 41.4 Å². The smallest absolute Gasteiger partial charge is 0.303 e. The summed E-state index contributed by atoms with van der Waals surface area (Å²) >= 11 is 3.46. The molecule has 1 amide bonds. The quantitative estimate of drug-likeness (QED) is 0.214. The van der Waals surface area contributed by atoms with Crippen LogP contribution < -0.4 is 0 Å². The van der Waals surface area contributed by atoms with Gasteiger partial charge >= 0.3 is 5.97 Å². The largest absolute Gasteiger partial charge is 0.481 e. The van der Waals surface area contributed by atoms with Crippen LogP contribution in [-0.2, 0) is 9.59 Å². The van der Waals surface area contributed by atoms with Crippen molar-refractivity contribution in [2.45, 2.75) is 68.5 Å². The second kappa shape index (κ2) is 15.3. The molecule has 1 aromatic heterocycles. The van der Waals surface area contributed by atoms with E-state index in [-0.39, 0.29) is 18.4 Å². The Morgan fingerprint density at radius 2 is 2.10 bits per heavy atom. The van der Waals surface area contributed by atoms with E-state index in [0.717, 1.165) is 54.4 Å². The van der Waals surface area contributed by atoms with Gasteiger partial charge in [0.2, 0.25) is 5.91 Å². The lowest BCUT2D eigenvalue weighted by Crippen LogP contribution is -2.34. The van der Waals surface area contributed by atoms with Crippen molar-refractivity contribution in [3.05, 3.63) is 36.5 Å². The summed E-state index contributed by atoms with van der Waals surface area (Å²) in [5.41, 5.74) is 0. The van der Waals surface area contributed by atoms with Crippen LogP contribution in [0.3, 0.4) is 0 Å². The van der Waals surface area contributed by atoms with Crippen LogP contribution in [0.2, 0.25) is 0 Å². The summed E-state index contributed by atoms with van der Waals surface area (Å²) in [6.07, 6.45) is 11.3. The standard InChI is InChI=1S/C23H34N2O4S2/c26-20(7-2-1-5-17-31-21-8-3-4-14-24-21)12-10-19-11-13-22(27)25(19)15-18-30-16-6-9-23(28)29/h3-4,8,10,12,14,19-20,26H,1-2,5-7,9,11,13,15-18H2,(H,28,29)/b12-10+/t19-,20-/m0/s1. The molecule has 0 spiro atoms. The van der Waals surface area contributed by atoms with Crippen LogP contribution in [0.4, 0.5) is 0 Å². The second-order valence-electron chi connectivity index (χ2n) is 7.62. The molecule has 1 aliphatic heterocycles. The summed E-state index contributed by atoms with van der Waals surface area (Å²) in [4.78, 5) is 28.9. The van der Waals surface area contributed by atoms with Crippen molar-refractivity contribution < 1.29 is 19.8 Å². The molecule has 2 atom stereocenters. The van der Waals surface area contributed by atoms with Crippen LogP contribution in [0, 0.1) is 0 Å². The molecule has 1 fully saturated rings. The molecule has 2 rings (SSSR count). The first-order valence-electron chi connectivity index (χ1n) is 11.1. The van der Waals surface area contributed by atoms with E-state index in [4.69, 9.17) is 5.11 Å². The minimum Gasteiger partial charge on any atom is -0.481 e. The number of thioether (sulfide) groups is 2. The van der Waals surface area contributed by atoms with E-state index in [0.29, 0.717) is 19.4 Å². The van der Waals surface area contributed by atoms with Crippen molar-refractivity contribution >= 4 is 35.4 Å². The van der Waals surface area contributed by atoms with Crippen LogP contribution in [0.25, 0.3) is 0 Å². The molecule has 2 N–H and O–H groups in total. The molecule has 6 nitrogen and oxygen atoms in total. The zero-order valence-corrected chi connectivity index (χ0v) is 19.7. The van der Waals surface area contributed by atoms with Gasteiger partial charge in [-0.3, -0.25) is 9.59 Å². The van der Waals surface area contributed by atoms with E-state index >= 15 is 0 Å². The number of hydrogen-bond donors (Lipinski definition) is 2. The van der Waals surface area contributed by atoms with Crippen LogP contribution in [0.5, 0.6) is 0 Å². The first-order chi connectivity index (χ1) is 15.1. The van der Waals surface area contributed by atoms with E-state index in [9.17, 15) is 14.7 Å². The third-order valence-corrected chi connectivity index (χ3v) is 7.20. The Bertz CT molecular complexity index is 687. The van der Waals surface area contributed by atoms with Gasteiger partial charge in [0.05, 0.1) is 17.2 Å². The van der Waals surface area contributed by atoms with E-state index in [2.05, 4.69) is 4.98 Å². The molecule has 0 radical (unpaired) electrons. The molecular formula is C23H34N2O4S2. The van der Waals surface area contributed by atoms with Gasteiger partial charge < -0.3 is 15.1 Å². The summed E-state index contributed by atoms with van der Waals surface area (Å²) in [7, 11) is 0. The highest BCUT2D eigenvalue weighted by Crippen LogP contribution is 2.21. The highest BCUT2D eigenvalue weighted by molar-refractivity contribution is 7.99. The number of nitrogens with zero attached hydrogens (tertiary/aromatic N) is 2. The Morgan fingerprint density at radius 1 is 1.23 bits per heavy atom. The molecule has 172 valence electrons. The number of likely N-dealkylation sites (tertiary alicyclic amines) is 1. The Balaban J connectivity index is 1.57. The number of rotatable bonds is 16. The van der Waals surface area contributed by atoms with E-state index < -0.39 is 12.1 Å². The molecule has 2 heterocycles. The molecule has 0 bridgehead atoms. The number of aliphatic hydroxyl groups excluding tert-OH is 1. The molecule has 0 unspecified atom stereocenters. The topological polar surface area (TPSA) is 90.7 Å². The van der Waals surface area contributed by atoms with Crippen molar-refractivity contribution in [1.29, 1.82) is 0 Å². The number of carboxylic acid groups (broad SMARTS) is 1. The molecule has 1 aliphatic rings. The van der Waals surface area contributed by atoms with Gasteiger partial charge in [0.1, 0.15) is 0 Å². The number of carbonyl (C=O) groups is 2. The molecular weight excluding hydrogens is 432 g/mol. The number of aliphatic carboxylic acids is 1. The van der Waals surface area contributed by atoms with Crippen LogP contribution in [-0.4, -0.2) is 67.9 Å². The Hall–Kier alpha value is -1.51. The van der Waals surface area contributed by atoms with Gasteiger partial charge in [-0.2, -0.15) is 11.8 Å². The van der Waals surface area contributed by atoms with Gasteiger partial charge in [0, 0.05) is 31.3 Å². The normalized spacial score (nSPS) is 17.5. The number of carbonyl (C=O) groups excluding carboxylic acids is 1. The average Bonchev–Trinajstić information content (AvgIpc) is 3.11. The monoisotopic (exact) mass is 466 g/mol. The Morgan fingerprint density at radius 3 is 2.87 bits per heavy atom. The van der Waals surface area contributed by atoms with Gasteiger partial charge in [0.25, 0.3) is 0 Å². The van der Waals surface area contributed by atoms with Gasteiger partial charge in [-0.1, -0.05) is 31.1 Å². The van der Waals surface area contributed by atoms with Gasteiger partial charge in [-0.25, -0.2) is 4.98 Å². The van der Waals surface area contributed by atoms with Crippen LogP contribution >= 0.6 is 23.5 Å². The van der Waals surface area contributed by atoms with Gasteiger partial charge in [0.15, 0.2) is 0 Å². The molecule has 31 heavy (non-hydrogen) atoms. The maximum atomic E-state index is 12.1. The fourth-order valence-corrected chi connectivity index (χ4v) is 5.18. The second-order valence-corrected chi connectivity index (χ2v) is 9.96. The number of aromatic nitrogens is 1. The predicted molar refractivity (Wildman–Crippen MR) is 128 cm³/mol. The lowest BCUT2D eigenvalue weighted by atomic mass is 10.1. The van der Waals surface area contributed by atoms with Gasteiger partial charge in [-0.15, -0.1) is 11.8 Å². The summed E-state index contributed by atoms with van der Waals surface area (Å²) in [5.74, 6) is 2.06. The van der Waals surface area contributed by atoms with Crippen molar-refractivity contribution in [2.75, 3.05) is 23.8 Å². The number of unbranched alkanes of at least 4 members (excludes halogenated alkanes) is 2. The highest BCUT2D eigenvalue weighted by Gasteiger charge is 2.28. The number of pyridine rings is 1. The average molecular weight is 467 g/mol. The molecule has 1 aromatic rings. The maximum absolute atomic E-state index is 12.1. The molecule has 0 aromatic carbocycles. The summed E-state index contributed by atoms with van der Waals surface area (Å²) in [5, 5.41) is 20.0. The Kier molecular flexibility index (Phi) is 12.7. The van der Waals surface area contributed by atoms with Crippen molar-refractivity contribution in [1.82, 2.24) is 9.88 Å². The lowest BCUT2D eigenvalue weighted by molar-refractivity contribution is -0.137. The summed E-state index contributed by atoms with van der Waals surface area (Å²) < 4.78 is 0. The number of carboxylic acids is 1. The SMILES string of the molecule is O=C(O)CCCSCCN1C(=O)CC[C@@H]1/C=C/[C@@H](O)CCCCCSc1ccccn1. The zero-order chi connectivity index (χ0) is 22.3. The van der Waals surface area contributed by atoms with Crippen molar-refractivity contribution in [2.24, 2.45) is 0 Å². The summed E-state index contributed by atoms with van der Waals surface area (Å²) in [6.45, 7) is 0.676. The fraction of sp³-hybridized carbons (Fsp3) is 0.609. The minimum absolute atomic E-state index is 0.0662. The molecule has 1 saturated heterocycles. The fourth-order valence-electron chi connectivity index (χ4n) is 3.43. The zero-order valence-electron chi connectivity index (χ0n) is 18.0. The lowest BCUT2D eigenvalue weighted by Gasteiger charge is -2.22. The first kappa shape index (κ1) is 25.7. The van der Waals surface area contributed by atoms with Crippen molar-refractivity contribution in [3.63, 3.8) is 0 Å². The van der Waals surface area contributed by atoms with Crippen LogP contribution in [0.1, 0.15) is 51.4 Å². The predicted octanol–water partition coefficient (Wildman–Crippen LogP) is 4.24. The third kappa shape index (κ3) is 11.1. The van der Waals surface area contributed by atoms with Gasteiger partial charge in [-0.05, 0) is 49.3 Å². The first-order valence-corrected chi connectivity index (χ1v) is 13.2. The molecule has 8 heteroatoms. The number of amides is 1. The third-order valence-electron chi connectivity index (χ3n) is 5.12. The van der Waals surface area contributed by atoms with Crippen LogP contribution in [0.15, 0.2) is 41.6 Å². The summed E-state index contributed by atoms with van der Waals surface area (Å²) in [6, 6.07) is 6.01. The Labute approximate surface area is 193 Å². The maximum Gasteiger partial charge on any atom is 0.303 e.